The first-order valence-electron chi connectivity index (χ1n) is 12.4. The van der Waals surface area contributed by atoms with Gasteiger partial charge in [0.2, 0.25) is 0 Å². The van der Waals surface area contributed by atoms with Crippen molar-refractivity contribution in [1.29, 1.82) is 0 Å². The standard InChI is InChI=1S/C26H35N7O3/c1-17-11-18(12-21(23(17)31(2)3)26(34)7-10-35-16-26)22-14-28-24(27)25(30-22)36-20-13-29-33(15-20)19-5-8-32(4)9-6-19/h11-15,19,34H,5-10,16H2,1-4H3,(H2,27,28). The molecule has 0 aliphatic carbocycles. The molecule has 1 aromatic carbocycles. The minimum absolute atomic E-state index is 0.204. The fourth-order valence-corrected chi connectivity index (χ4v) is 5.18. The summed E-state index contributed by atoms with van der Waals surface area (Å²) in [6, 6.07) is 4.37. The van der Waals surface area contributed by atoms with E-state index < -0.39 is 5.60 Å². The zero-order valence-corrected chi connectivity index (χ0v) is 21.4. The van der Waals surface area contributed by atoms with E-state index in [1.165, 1.54) is 0 Å². The molecule has 10 nitrogen and oxygen atoms in total. The van der Waals surface area contributed by atoms with Gasteiger partial charge in [-0.1, -0.05) is 0 Å². The van der Waals surface area contributed by atoms with E-state index in [0.29, 0.717) is 30.5 Å². The highest BCUT2D eigenvalue weighted by molar-refractivity contribution is 5.71. The lowest BCUT2D eigenvalue weighted by molar-refractivity contribution is 0.0236. The molecule has 192 valence electrons. The fraction of sp³-hybridized carbons (Fsp3) is 0.500. The largest absolute Gasteiger partial charge is 0.433 e. The summed E-state index contributed by atoms with van der Waals surface area (Å²) < 4.78 is 13.5. The van der Waals surface area contributed by atoms with Gasteiger partial charge in [-0.2, -0.15) is 5.10 Å². The van der Waals surface area contributed by atoms with E-state index in [4.69, 9.17) is 20.2 Å². The lowest BCUT2D eigenvalue weighted by Gasteiger charge is -2.29. The molecule has 4 heterocycles. The van der Waals surface area contributed by atoms with Gasteiger partial charge in [0.15, 0.2) is 11.6 Å². The number of hydrogen-bond donors (Lipinski definition) is 2. The van der Waals surface area contributed by atoms with E-state index in [1.807, 2.05) is 48.9 Å². The second-order valence-corrected chi connectivity index (χ2v) is 10.2. The number of hydrogen-bond acceptors (Lipinski definition) is 9. The molecule has 3 N–H and O–H groups in total. The summed E-state index contributed by atoms with van der Waals surface area (Å²) in [5.74, 6) is 1.01. The van der Waals surface area contributed by atoms with Crippen LogP contribution in [0.5, 0.6) is 11.6 Å². The Hall–Kier alpha value is -3.21. The van der Waals surface area contributed by atoms with Gasteiger partial charge in [0.1, 0.15) is 5.60 Å². The van der Waals surface area contributed by atoms with Crippen molar-refractivity contribution in [3.63, 3.8) is 0 Å². The molecule has 0 bridgehead atoms. The Bertz CT molecular complexity index is 1230. The van der Waals surface area contributed by atoms with Gasteiger partial charge >= 0.3 is 0 Å². The Labute approximate surface area is 211 Å². The van der Waals surface area contributed by atoms with E-state index in [-0.39, 0.29) is 18.3 Å². The Balaban J connectivity index is 1.44. The number of benzene rings is 1. The highest BCUT2D eigenvalue weighted by Crippen LogP contribution is 2.41. The number of aromatic nitrogens is 4. The topological polar surface area (TPSA) is 115 Å². The Morgan fingerprint density at radius 3 is 2.69 bits per heavy atom. The number of nitrogen functional groups attached to an aromatic ring is 1. The van der Waals surface area contributed by atoms with Gasteiger partial charge in [-0.3, -0.25) is 4.68 Å². The van der Waals surface area contributed by atoms with Gasteiger partial charge in [0.05, 0.1) is 36.9 Å². The SMILES string of the molecule is Cc1cc(-c2cnc(N)c(Oc3cnn(C4CCN(C)CC4)c3)n2)cc(C2(O)CCOC2)c1N(C)C. The molecule has 0 amide bonds. The molecule has 3 aromatic rings. The quantitative estimate of drug-likeness (QED) is 0.535. The van der Waals surface area contributed by atoms with Crippen LogP contribution in [0, 0.1) is 6.92 Å². The van der Waals surface area contributed by atoms with Crippen LogP contribution in [0.4, 0.5) is 11.5 Å². The lowest BCUT2D eigenvalue weighted by Crippen LogP contribution is -2.31. The van der Waals surface area contributed by atoms with Crippen molar-refractivity contribution >= 4 is 11.5 Å². The molecule has 5 rings (SSSR count). The molecule has 2 aromatic heterocycles. The monoisotopic (exact) mass is 493 g/mol. The second kappa shape index (κ2) is 9.68. The van der Waals surface area contributed by atoms with Crippen LogP contribution < -0.4 is 15.4 Å². The van der Waals surface area contributed by atoms with Crippen LogP contribution in [0.3, 0.4) is 0 Å². The normalized spacial score (nSPS) is 21.1. The van der Waals surface area contributed by atoms with Crippen LogP contribution in [0.15, 0.2) is 30.7 Å². The molecule has 1 unspecified atom stereocenters. The van der Waals surface area contributed by atoms with Gasteiger partial charge in [0.25, 0.3) is 5.88 Å². The van der Waals surface area contributed by atoms with Crippen LogP contribution in [0.25, 0.3) is 11.3 Å². The number of ether oxygens (including phenoxy) is 2. The van der Waals surface area contributed by atoms with Crippen molar-refractivity contribution in [3.8, 4) is 22.9 Å². The van der Waals surface area contributed by atoms with Crippen LogP contribution >= 0.6 is 0 Å². The summed E-state index contributed by atoms with van der Waals surface area (Å²) in [5.41, 5.74) is 9.34. The lowest BCUT2D eigenvalue weighted by atomic mass is 9.87. The first kappa shape index (κ1) is 24.5. The smallest absolute Gasteiger partial charge is 0.263 e. The maximum absolute atomic E-state index is 11.4. The third kappa shape index (κ3) is 4.76. The number of rotatable bonds is 6. The number of nitrogens with two attached hydrogens (primary N) is 1. The van der Waals surface area contributed by atoms with Crippen molar-refractivity contribution < 1.29 is 14.6 Å². The highest BCUT2D eigenvalue weighted by atomic mass is 16.5. The summed E-state index contributed by atoms with van der Waals surface area (Å²) in [4.78, 5) is 13.4. The molecule has 36 heavy (non-hydrogen) atoms. The zero-order chi connectivity index (χ0) is 25.4. The molecule has 2 aliphatic rings. The van der Waals surface area contributed by atoms with Crippen molar-refractivity contribution in [2.75, 3.05) is 58.1 Å². The molecule has 2 aliphatic heterocycles. The molecule has 1 atom stereocenters. The van der Waals surface area contributed by atoms with Gasteiger partial charge in [-0.25, -0.2) is 9.97 Å². The van der Waals surface area contributed by atoms with Gasteiger partial charge < -0.3 is 30.1 Å². The predicted molar refractivity (Wildman–Crippen MR) is 138 cm³/mol. The zero-order valence-electron chi connectivity index (χ0n) is 21.4. The fourth-order valence-electron chi connectivity index (χ4n) is 5.18. The number of aliphatic hydroxyl groups is 1. The Morgan fingerprint density at radius 1 is 1.22 bits per heavy atom. The minimum Gasteiger partial charge on any atom is -0.433 e. The van der Waals surface area contributed by atoms with E-state index in [2.05, 4.69) is 22.0 Å². The average molecular weight is 494 g/mol. The molecular weight excluding hydrogens is 458 g/mol. The van der Waals surface area contributed by atoms with Crippen LogP contribution in [-0.4, -0.2) is 77.2 Å². The third-order valence-electron chi connectivity index (χ3n) is 7.17. The molecule has 2 fully saturated rings. The number of nitrogens with zero attached hydrogens (tertiary/aromatic N) is 6. The molecule has 0 radical (unpaired) electrons. The molecule has 0 spiro atoms. The maximum Gasteiger partial charge on any atom is 0.263 e. The van der Waals surface area contributed by atoms with E-state index in [9.17, 15) is 5.11 Å². The first-order valence-corrected chi connectivity index (χ1v) is 12.4. The third-order valence-corrected chi connectivity index (χ3v) is 7.17. The summed E-state index contributed by atoms with van der Waals surface area (Å²) >= 11 is 0. The number of likely N-dealkylation sites (tertiary alicyclic amines) is 1. The van der Waals surface area contributed by atoms with Crippen molar-refractivity contribution in [3.05, 3.63) is 41.9 Å². The van der Waals surface area contributed by atoms with Crippen molar-refractivity contribution in [2.45, 2.75) is 37.8 Å². The number of anilines is 2. The molecule has 2 saturated heterocycles. The van der Waals surface area contributed by atoms with Crippen molar-refractivity contribution in [1.82, 2.24) is 24.6 Å². The predicted octanol–water partition coefficient (Wildman–Crippen LogP) is 2.96. The van der Waals surface area contributed by atoms with E-state index >= 15 is 0 Å². The van der Waals surface area contributed by atoms with Gasteiger partial charge in [-0.15, -0.1) is 0 Å². The first-order chi connectivity index (χ1) is 17.2. The van der Waals surface area contributed by atoms with Gasteiger partial charge in [0, 0.05) is 43.9 Å². The van der Waals surface area contributed by atoms with Crippen LogP contribution in [-0.2, 0) is 10.3 Å². The highest BCUT2D eigenvalue weighted by Gasteiger charge is 2.37. The van der Waals surface area contributed by atoms with Gasteiger partial charge in [-0.05, 0) is 57.6 Å². The Morgan fingerprint density at radius 2 is 2.00 bits per heavy atom. The molecule has 0 saturated carbocycles. The molecular formula is C26H35N7O3. The van der Waals surface area contributed by atoms with E-state index in [0.717, 1.165) is 48.3 Å². The maximum atomic E-state index is 11.4. The minimum atomic E-state index is -1.05. The number of aryl methyl sites for hydroxylation is 1. The number of piperidine rings is 1. The second-order valence-electron chi connectivity index (χ2n) is 10.2. The summed E-state index contributed by atoms with van der Waals surface area (Å²) in [5, 5.41) is 15.9. The summed E-state index contributed by atoms with van der Waals surface area (Å²) in [6.07, 6.45) is 7.87. The van der Waals surface area contributed by atoms with Crippen LogP contribution in [0.2, 0.25) is 0 Å². The van der Waals surface area contributed by atoms with Crippen LogP contribution in [0.1, 0.15) is 36.4 Å². The van der Waals surface area contributed by atoms with Crippen molar-refractivity contribution in [2.24, 2.45) is 0 Å². The molecule has 10 heteroatoms. The summed E-state index contributed by atoms with van der Waals surface area (Å²) in [7, 11) is 6.10. The Kier molecular flexibility index (Phi) is 6.59. The summed E-state index contributed by atoms with van der Waals surface area (Å²) in [6.45, 7) is 4.92. The van der Waals surface area contributed by atoms with E-state index in [1.54, 1.807) is 12.4 Å². The average Bonchev–Trinajstić information content (AvgIpc) is 3.50.